The number of nitrogens with zero attached hydrogens (tertiary/aromatic N) is 2. The first-order valence-electron chi connectivity index (χ1n) is 9.96. The average Bonchev–Trinajstić information content (AvgIpc) is 2.71. The van der Waals surface area contributed by atoms with Gasteiger partial charge in [0.25, 0.3) is 0 Å². The Morgan fingerprint density at radius 1 is 1.24 bits per heavy atom. The van der Waals surface area contributed by atoms with E-state index in [1.165, 1.54) is 17.8 Å². The molecule has 0 spiro atoms. The van der Waals surface area contributed by atoms with Gasteiger partial charge in [-0.1, -0.05) is 19.1 Å². The van der Waals surface area contributed by atoms with Gasteiger partial charge in [-0.2, -0.15) is 0 Å². The van der Waals surface area contributed by atoms with Crippen molar-refractivity contribution in [2.75, 3.05) is 45.5 Å². The number of carbonyl (C=O) groups excluding carboxylic acids is 1. The molecule has 1 aliphatic heterocycles. The zero-order chi connectivity index (χ0) is 20.2. The molecular weight excluding hydrogens is 504 g/mol. The quantitative estimate of drug-likeness (QED) is 0.149. The number of guanidine groups is 1. The summed E-state index contributed by atoms with van der Waals surface area (Å²) < 4.78 is 13.6. The third kappa shape index (κ3) is 9.99. The number of aliphatic imine (C=N–C) groups is 1. The van der Waals surface area contributed by atoms with Crippen molar-refractivity contribution in [3.05, 3.63) is 30.1 Å². The molecule has 6 nitrogen and oxygen atoms in total. The Hall–Kier alpha value is -1.07. The lowest BCUT2D eigenvalue weighted by Gasteiger charge is -2.32. The summed E-state index contributed by atoms with van der Waals surface area (Å²) in [6.07, 6.45) is 2.92. The number of halogens is 2. The van der Waals surface area contributed by atoms with Crippen LogP contribution in [0.2, 0.25) is 0 Å². The van der Waals surface area contributed by atoms with Crippen molar-refractivity contribution in [2.45, 2.75) is 37.1 Å². The lowest BCUT2D eigenvalue weighted by molar-refractivity contribution is -0.122. The Morgan fingerprint density at radius 2 is 1.97 bits per heavy atom. The maximum Gasteiger partial charge on any atom is 0.234 e. The van der Waals surface area contributed by atoms with Crippen LogP contribution in [0, 0.1) is 5.82 Å². The summed E-state index contributed by atoms with van der Waals surface area (Å²) in [6, 6.07) is 7.17. The minimum atomic E-state index is -0.176. The summed E-state index contributed by atoms with van der Waals surface area (Å²) in [5.41, 5.74) is 0. The molecule has 0 bridgehead atoms. The maximum atomic E-state index is 13.6. The first-order chi connectivity index (χ1) is 13.6. The number of benzene rings is 1. The molecular formula is C20H33FIN5OS. The van der Waals surface area contributed by atoms with Crippen molar-refractivity contribution in [3.8, 4) is 0 Å². The monoisotopic (exact) mass is 537 g/mol. The van der Waals surface area contributed by atoms with Crippen molar-refractivity contribution in [2.24, 2.45) is 4.99 Å². The van der Waals surface area contributed by atoms with Gasteiger partial charge in [-0.3, -0.25) is 14.7 Å². The van der Waals surface area contributed by atoms with Gasteiger partial charge in [0.05, 0.1) is 6.54 Å². The van der Waals surface area contributed by atoms with Crippen LogP contribution in [0.4, 0.5) is 4.39 Å². The molecule has 1 saturated heterocycles. The van der Waals surface area contributed by atoms with Gasteiger partial charge in [0.15, 0.2) is 5.96 Å². The summed E-state index contributed by atoms with van der Waals surface area (Å²) in [4.78, 5) is 19.0. The van der Waals surface area contributed by atoms with Crippen LogP contribution in [-0.2, 0) is 4.79 Å². The highest BCUT2D eigenvalue weighted by Gasteiger charge is 2.21. The van der Waals surface area contributed by atoms with E-state index in [4.69, 9.17) is 0 Å². The van der Waals surface area contributed by atoms with E-state index in [9.17, 15) is 9.18 Å². The number of likely N-dealkylation sites (tertiary alicyclic amines) is 1. The van der Waals surface area contributed by atoms with Gasteiger partial charge in [0.1, 0.15) is 5.82 Å². The topological polar surface area (TPSA) is 68.8 Å². The highest BCUT2D eigenvalue weighted by molar-refractivity contribution is 14.0. The first-order valence-corrected chi connectivity index (χ1v) is 10.9. The van der Waals surface area contributed by atoms with Crippen LogP contribution in [0.3, 0.4) is 0 Å². The summed E-state index contributed by atoms with van der Waals surface area (Å²) in [6.45, 7) is 5.78. The molecule has 9 heteroatoms. The molecule has 0 aliphatic carbocycles. The zero-order valence-electron chi connectivity index (χ0n) is 17.2. The molecule has 0 radical (unpaired) electrons. The molecule has 1 aromatic carbocycles. The fraction of sp³-hybridized carbons (Fsp3) is 0.600. The van der Waals surface area contributed by atoms with Gasteiger partial charge in [-0.15, -0.1) is 35.7 Å². The van der Waals surface area contributed by atoms with E-state index in [1.807, 2.05) is 6.07 Å². The molecule has 0 saturated carbocycles. The molecule has 0 unspecified atom stereocenters. The van der Waals surface area contributed by atoms with E-state index in [0.717, 1.165) is 50.6 Å². The van der Waals surface area contributed by atoms with Crippen LogP contribution in [0.15, 0.2) is 34.2 Å². The Balaban J connectivity index is 0.00000420. The maximum absolute atomic E-state index is 13.6. The van der Waals surface area contributed by atoms with Crippen LogP contribution in [-0.4, -0.2) is 68.3 Å². The first kappa shape index (κ1) is 26.0. The van der Waals surface area contributed by atoms with Crippen molar-refractivity contribution in [1.82, 2.24) is 20.9 Å². The molecule has 29 heavy (non-hydrogen) atoms. The number of amides is 1. The smallest absolute Gasteiger partial charge is 0.234 e. The normalized spacial score (nSPS) is 15.5. The van der Waals surface area contributed by atoms with Gasteiger partial charge in [-0.25, -0.2) is 4.39 Å². The van der Waals surface area contributed by atoms with Gasteiger partial charge < -0.3 is 16.0 Å². The Bertz CT molecular complexity index is 641. The third-order valence-corrected chi connectivity index (χ3v) is 5.63. The molecule has 1 fully saturated rings. The fourth-order valence-corrected chi connectivity index (χ4v) is 3.84. The average molecular weight is 537 g/mol. The molecule has 0 atom stereocenters. The lowest BCUT2D eigenvalue weighted by Crippen LogP contribution is -2.50. The second kappa shape index (κ2) is 14.8. The molecule has 3 N–H and O–H groups in total. The zero-order valence-corrected chi connectivity index (χ0v) is 20.4. The van der Waals surface area contributed by atoms with Crippen LogP contribution < -0.4 is 16.0 Å². The summed E-state index contributed by atoms with van der Waals surface area (Å²) in [5, 5.41) is 9.67. The molecule has 2 rings (SSSR count). The van der Waals surface area contributed by atoms with Crippen LogP contribution in [0.25, 0.3) is 0 Å². The highest BCUT2D eigenvalue weighted by Crippen LogP contribution is 2.20. The largest absolute Gasteiger partial charge is 0.356 e. The number of piperidine rings is 1. The standard InChI is InChI=1S/C20H32FN5OS.HI/c1-3-10-23-19(27)15-26-12-8-16(9-13-26)25-20(22-2)24-11-14-28-18-7-5-4-6-17(18)21;/h4-7,16H,3,8-15H2,1-2H3,(H,23,27)(H2,22,24,25);1H. The van der Waals surface area contributed by atoms with Crippen LogP contribution in [0.5, 0.6) is 0 Å². The third-order valence-electron chi connectivity index (χ3n) is 4.58. The van der Waals surface area contributed by atoms with Crippen molar-refractivity contribution in [3.63, 3.8) is 0 Å². The summed E-state index contributed by atoms with van der Waals surface area (Å²) >= 11 is 1.49. The number of nitrogens with one attached hydrogen (secondary N) is 3. The SMILES string of the molecule is CCCNC(=O)CN1CCC(NC(=NC)NCCSc2ccccc2F)CC1.I. The highest BCUT2D eigenvalue weighted by atomic mass is 127. The van der Waals surface area contributed by atoms with Gasteiger partial charge in [0.2, 0.25) is 5.91 Å². The Kier molecular flexibility index (Phi) is 13.3. The minimum absolute atomic E-state index is 0. The second-order valence-corrected chi connectivity index (χ2v) is 7.96. The number of hydrogen-bond donors (Lipinski definition) is 3. The number of rotatable bonds is 9. The van der Waals surface area contributed by atoms with Gasteiger partial charge >= 0.3 is 0 Å². The fourth-order valence-electron chi connectivity index (χ4n) is 3.04. The van der Waals surface area contributed by atoms with Crippen LogP contribution >= 0.6 is 35.7 Å². The summed E-state index contributed by atoms with van der Waals surface area (Å²) in [7, 11) is 1.76. The van der Waals surface area contributed by atoms with Crippen molar-refractivity contribution >= 4 is 47.6 Å². The van der Waals surface area contributed by atoms with Gasteiger partial charge in [0, 0.05) is 49.9 Å². The minimum Gasteiger partial charge on any atom is -0.356 e. The molecule has 1 heterocycles. The Labute approximate surface area is 194 Å². The van der Waals surface area contributed by atoms with E-state index in [0.29, 0.717) is 24.0 Å². The predicted octanol–water partition coefficient (Wildman–Crippen LogP) is 2.69. The van der Waals surface area contributed by atoms with E-state index in [1.54, 1.807) is 19.2 Å². The second-order valence-electron chi connectivity index (χ2n) is 6.82. The number of carbonyl (C=O) groups is 1. The van der Waals surface area contributed by atoms with Gasteiger partial charge in [-0.05, 0) is 31.4 Å². The molecule has 164 valence electrons. The van der Waals surface area contributed by atoms with E-state index in [2.05, 4.69) is 32.8 Å². The summed E-state index contributed by atoms with van der Waals surface area (Å²) in [5.74, 6) is 1.46. The number of thioether (sulfide) groups is 1. The predicted molar refractivity (Wildman–Crippen MR) is 130 cm³/mol. The molecule has 1 aliphatic rings. The molecule has 1 amide bonds. The molecule has 1 aromatic rings. The van der Waals surface area contributed by atoms with E-state index in [-0.39, 0.29) is 35.7 Å². The Morgan fingerprint density at radius 3 is 2.62 bits per heavy atom. The van der Waals surface area contributed by atoms with Crippen molar-refractivity contribution < 1.29 is 9.18 Å². The van der Waals surface area contributed by atoms with Crippen molar-refractivity contribution in [1.29, 1.82) is 0 Å². The lowest BCUT2D eigenvalue weighted by atomic mass is 10.1. The molecule has 0 aromatic heterocycles. The van der Waals surface area contributed by atoms with Crippen LogP contribution in [0.1, 0.15) is 26.2 Å². The number of hydrogen-bond acceptors (Lipinski definition) is 4. The van der Waals surface area contributed by atoms with E-state index >= 15 is 0 Å². The van der Waals surface area contributed by atoms with E-state index < -0.39 is 0 Å².